The highest BCUT2D eigenvalue weighted by molar-refractivity contribution is 7.98. The van der Waals surface area contributed by atoms with Crippen LogP contribution in [0.4, 0.5) is 0 Å². The molecular formula is C14H12N4O6S. The minimum absolute atomic E-state index is 0.0381. The van der Waals surface area contributed by atoms with E-state index in [0.29, 0.717) is 11.5 Å². The van der Waals surface area contributed by atoms with E-state index in [1.54, 1.807) is 6.07 Å². The second-order valence-corrected chi connectivity index (χ2v) is 5.67. The molecule has 25 heavy (non-hydrogen) atoms. The zero-order valence-electron chi connectivity index (χ0n) is 12.9. The number of carbonyl (C=O) groups is 1. The minimum Gasteiger partial charge on any atom is -0.463 e. The molecule has 0 amide bonds. The molecular weight excluding hydrogens is 352 g/mol. The highest BCUT2D eigenvalue weighted by atomic mass is 32.2. The molecule has 1 N–H and O–H groups in total. The van der Waals surface area contributed by atoms with Gasteiger partial charge in [-0.1, -0.05) is 11.8 Å². The lowest BCUT2D eigenvalue weighted by atomic mass is 10.4. The van der Waals surface area contributed by atoms with Gasteiger partial charge in [0.25, 0.3) is 10.8 Å². The number of carbonyl (C=O) groups excluding carboxylic acids is 1. The van der Waals surface area contributed by atoms with Gasteiger partial charge in [-0.15, -0.1) is 10.2 Å². The molecule has 10 nitrogen and oxygen atoms in total. The molecule has 3 aromatic rings. The van der Waals surface area contributed by atoms with Gasteiger partial charge >= 0.3 is 11.7 Å². The molecule has 3 aromatic heterocycles. The quantitative estimate of drug-likeness (QED) is 0.494. The third-order valence-corrected chi connectivity index (χ3v) is 3.88. The fourth-order valence-corrected chi connectivity index (χ4v) is 2.55. The van der Waals surface area contributed by atoms with Gasteiger partial charge in [-0.05, 0) is 12.1 Å². The van der Waals surface area contributed by atoms with Crippen molar-refractivity contribution in [2.24, 2.45) is 0 Å². The first-order valence-corrected chi connectivity index (χ1v) is 7.95. The van der Waals surface area contributed by atoms with Crippen LogP contribution in [-0.2, 0) is 17.0 Å². The van der Waals surface area contributed by atoms with Crippen LogP contribution >= 0.6 is 11.8 Å². The average molecular weight is 364 g/mol. The summed E-state index contributed by atoms with van der Waals surface area (Å²) in [6.45, 7) is 0.0381. The Morgan fingerprint density at radius 3 is 2.88 bits per heavy atom. The summed E-state index contributed by atoms with van der Waals surface area (Å²) in [7, 11) is 1.27. The summed E-state index contributed by atoms with van der Waals surface area (Å²) in [6, 6.07) is 4.39. The monoisotopic (exact) mass is 364 g/mol. The summed E-state index contributed by atoms with van der Waals surface area (Å²) in [5, 5.41) is 7.98. The Morgan fingerprint density at radius 1 is 1.28 bits per heavy atom. The van der Waals surface area contributed by atoms with Crippen molar-refractivity contribution >= 4 is 17.7 Å². The van der Waals surface area contributed by atoms with Gasteiger partial charge in [0.1, 0.15) is 12.3 Å². The van der Waals surface area contributed by atoms with E-state index in [-0.39, 0.29) is 23.4 Å². The van der Waals surface area contributed by atoms with E-state index in [1.165, 1.54) is 41.8 Å². The fraction of sp³-hybridized carbons (Fsp3) is 0.214. The van der Waals surface area contributed by atoms with Crippen LogP contribution in [0.15, 0.2) is 48.0 Å². The van der Waals surface area contributed by atoms with E-state index < -0.39 is 17.2 Å². The predicted molar refractivity (Wildman–Crippen MR) is 84.3 cm³/mol. The van der Waals surface area contributed by atoms with Crippen LogP contribution in [0.1, 0.15) is 22.2 Å². The number of nitrogens with one attached hydrogen (secondary N) is 1. The molecule has 0 fully saturated rings. The standard InChI is InChI=1S/C14H12N4O6S/c1-22-12(20)9-3-2-8(23-9)7-25-14-17-16-11(24-14)6-18-5-4-10(19)15-13(18)21/h2-5H,6-7H2,1H3,(H,15,19,21). The Bertz CT molecular complexity index is 1000. The van der Waals surface area contributed by atoms with Gasteiger partial charge in [-0.2, -0.15) is 0 Å². The predicted octanol–water partition coefficient (Wildman–Crippen LogP) is 0.640. The third-order valence-electron chi connectivity index (χ3n) is 3.04. The fourth-order valence-electron chi connectivity index (χ4n) is 1.87. The molecule has 0 aromatic carbocycles. The number of rotatable bonds is 6. The molecule has 0 saturated carbocycles. The average Bonchev–Trinajstić information content (AvgIpc) is 3.24. The van der Waals surface area contributed by atoms with Crippen molar-refractivity contribution in [2.75, 3.05) is 7.11 Å². The maximum Gasteiger partial charge on any atom is 0.373 e. The van der Waals surface area contributed by atoms with Gasteiger partial charge < -0.3 is 13.6 Å². The summed E-state index contributed by atoms with van der Waals surface area (Å²) in [4.78, 5) is 36.1. The molecule has 0 aliphatic rings. The van der Waals surface area contributed by atoms with Gasteiger partial charge in [0.15, 0.2) is 0 Å². The first-order valence-electron chi connectivity index (χ1n) is 6.97. The smallest absolute Gasteiger partial charge is 0.373 e. The Hall–Kier alpha value is -3.08. The molecule has 0 bridgehead atoms. The Morgan fingerprint density at radius 2 is 2.12 bits per heavy atom. The van der Waals surface area contributed by atoms with Gasteiger partial charge in [-0.3, -0.25) is 14.3 Å². The number of ether oxygens (including phenoxy) is 1. The van der Waals surface area contributed by atoms with Crippen LogP contribution in [-0.4, -0.2) is 32.8 Å². The zero-order chi connectivity index (χ0) is 17.8. The molecule has 0 unspecified atom stereocenters. The number of hydrogen-bond donors (Lipinski definition) is 1. The highest BCUT2D eigenvalue weighted by Crippen LogP contribution is 2.23. The van der Waals surface area contributed by atoms with Crippen molar-refractivity contribution in [3.8, 4) is 0 Å². The van der Waals surface area contributed by atoms with Gasteiger partial charge in [0, 0.05) is 12.3 Å². The van der Waals surface area contributed by atoms with E-state index in [4.69, 9.17) is 8.83 Å². The second-order valence-electron chi connectivity index (χ2n) is 4.75. The molecule has 0 spiro atoms. The SMILES string of the molecule is COC(=O)c1ccc(CSc2nnc(Cn3ccc(=O)[nH]c3=O)o2)o1. The van der Waals surface area contributed by atoms with E-state index in [1.807, 2.05) is 0 Å². The largest absolute Gasteiger partial charge is 0.463 e. The number of hydrogen-bond acceptors (Lipinski definition) is 9. The first-order chi connectivity index (χ1) is 12.0. The third kappa shape index (κ3) is 4.07. The molecule has 3 heterocycles. The van der Waals surface area contributed by atoms with Crippen molar-refractivity contribution in [1.29, 1.82) is 0 Å². The number of methoxy groups -OCH3 is 1. The lowest BCUT2D eigenvalue weighted by Crippen LogP contribution is -2.28. The van der Waals surface area contributed by atoms with Gasteiger partial charge in [0.05, 0.1) is 12.9 Å². The number of aromatic nitrogens is 4. The summed E-state index contributed by atoms with van der Waals surface area (Å²) >= 11 is 1.21. The van der Waals surface area contributed by atoms with Crippen LogP contribution in [0.3, 0.4) is 0 Å². The number of aromatic amines is 1. The molecule has 11 heteroatoms. The molecule has 0 atom stereocenters. The highest BCUT2D eigenvalue weighted by Gasteiger charge is 2.13. The van der Waals surface area contributed by atoms with Crippen LogP contribution in [0.2, 0.25) is 0 Å². The summed E-state index contributed by atoms with van der Waals surface area (Å²) in [5.74, 6) is 0.690. The van der Waals surface area contributed by atoms with Crippen molar-refractivity contribution < 1.29 is 18.4 Å². The summed E-state index contributed by atoms with van der Waals surface area (Å²) in [6.07, 6.45) is 1.34. The molecule has 3 rings (SSSR count). The summed E-state index contributed by atoms with van der Waals surface area (Å²) < 4.78 is 16.5. The summed E-state index contributed by atoms with van der Waals surface area (Å²) in [5.41, 5.74) is -1.04. The first kappa shape index (κ1) is 16.8. The van der Waals surface area contributed by atoms with Gasteiger partial charge in [-0.25, -0.2) is 9.59 Å². The Kier molecular flexibility index (Phi) is 4.84. The number of nitrogens with zero attached hydrogens (tertiary/aromatic N) is 3. The van der Waals surface area contributed by atoms with E-state index in [9.17, 15) is 14.4 Å². The lowest BCUT2D eigenvalue weighted by molar-refractivity contribution is 0.0563. The number of thioether (sulfide) groups is 1. The zero-order valence-corrected chi connectivity index (χ0v) is 13.7. The minimum atomic E-state index is -0.564. The van der Waals surface area contributed by atoms with Crippen LogP contribution in [0.25, 0.3) is 0 Å². The maximum atomic E-state index is 11.6. The van der Waals surface area contributed by atoms with E-state index >= 15 is 0 Å². The van der Waals surface area contributed by atoms with Crippen molar-refractivity contribution in [3.63, 3.8) is 0 Å². The molecule has 0 aliphatic carbocycles. The molecule has 0 aliphatic heterocycles. The Labute approximate surface area is 143 Å². The van der Waals surface area contributed by atoms with Crippen LogP contribution < -0.4 is 11.2 Å². The van der Waals surface area contributed by atoms with Crippen molar-refractivity contribution in [1.82, 2.24) is 19.7 Å². The second kappa shape index (κ2) is 7.21. The lowest BCUT2D eigenvalue weighted by Gasteiger charge is -1.99. The van der Waals surface area contributed by atoms with Crippen LogP contribution in [0.5, 0.6) is 0 Å². The number of esters is 1. The van der Waals surface area contributed by atoms with Crippen molar-refractivity contribution in [2.45, 2.75) is 17.5 Å². The maximum absolute atomic E-state index is 11.6. The number of furan rings is 1. The van der Waals surface area contributed by atoms with Gasteiger partial charge in [0.2, 0.25) is 11.7 Å². The molecule has 130 valence electrons. The Balaban J connectivity index is 1.62. The van der Waals surface area contributed by atoms with E-state index in [0.717, 1.165) is 0 Å². The molecule has 0 saturated heterocycles. The normalized spacial score (nSPS) is 10.8. The van der Waals surface area contributed by atoms with Crippen LogP contribution in [0, 0.1) is 0 Å². The topological polar surface area (TPSA) is 133 Å². The number of H-pyrrole nitrogens is 1. The van der Waals surface area contributed by atoms with Crippen molar-refractivity contribution in [3.05, 3.63) is 62.6 Å². The van der Waals surface area contributed by atoms with E-state index in [2.05, 4.69) is 19.9 Å². The molecule has 0 radical (unpaired) electrons.